The highest BCUT2D eigenvalue weighted by molar-refractivity contribution is 7.90. The van der Waals surface area contributed by atoms with Crippen LogP contribution in [-0.2, 0) is 14.8 Å². The van der Waals surface area contributed by atoms with Gasteiger partial charge in [-0.25, -0.2) is 13.1 Å². The third-order valence-electron chi connectivity index (χ3n) is 3.00. The Bertz CT molecular complexity index is 507. The Balaban J connectivity index is 2.06. The summed E-state index contributed by atoms with van der Waals surface area (Å²) in [4.78, 5) is 12.0. The van der Waals surface area contributed by atoms with Crippen LogP contribution in [0.1, 0.15) is 12.8 Å². The smallest absolute Gasteiger partial charge is 0.264 e. The molecule has 0 spiro atoms. The predicted octanol–water partition coefficient (Wildman–Crippen LogP) is 0.491. The van der Waals surface area contributed by atoms with Crippen molar-refractivity contribution in [1.29, 1.82) is 0 Å². The molecule has 1 heterocycles. The zero-order valence-electron chi connectivity index (χ0n) is 9.93. The fraction of sp³-hybridized carbons (Fsp3) is 0.417. The number of carbonyl (C=O) groups excluding carboxylic acids is 1. The van der Waals surface area contributed by atoms with Crippen molar-refractivity contribution in [2.24, 2.45) is 5.92 Å². The number of amides is 1. The maximum Gasteiger partial charge on any atom is 0.264 e. The van der Waals surface area contributed by atoms with Gasteiger partial charge in [-0.2, -0.15) is 0 Å². The summed E-state index contributed by atoms with van der Waals surface area (Å²) in [5.74, 6) is -0.620. The molecule has 1 fully saturated rings. The van der Waals surface area contributed by atoms with E-state index < -0.39 is 15.9 Å². The maximum atomic E-state index is 11.9. The van der Waals surface area contributed by atoms with Crippen LogP contribution in [0.4, 0.5) is 0 Å². The third-order valence-corrected chi connectivity index (χ3v) is 4.36. The first-order valence-electron chi connectivity index (χ1n) is 5.92. The molecule has 0 unspecified atom stereocenters. The summed E-state index contributed by atoms with van der Waals surface area (Å²) in [7, 11) is -3.73. The number of benzene rings is 1. The number of carbonyl (C=O) groups is 1. The summed E-state index contributed by atoms with van der Waals surface area (Å²) in [6, 6.07) is 7.93. The third kappa shape index (κ3) is 3.08. The van der Waals surface area contributed by atoms with Crippen LogP contribution in [0, 0.1) is 5.92 Å². The lowest BCUT2D eigenvalue weighted by Gasteiger charge is -2.21. The molecule has 6 heteroatoms. The zero-order chi connectivity index (χ0) is 13.0. The molecule has 18 heavy (non-hydrogen) atoms. The highest BCUT2D eigenvalue weighted by Gasteiger charge is 2.25. The fourth-order valence-electron chi connectivity index (χ4n) is 1.96. The lowest BCUT2D eigenvalue weighted by molar-refractivity contribution is -0.123. The van der Waals surface area contributed by atoms with Crippen LogP contribution in [0.2, 0.25) is 0 Å². The topological polar surface area (TPSA) is 75.3 Å². The van der Waals surface area contributed by atoms with E-state index in [0.29, 0.717) is 12.8 Å². The van der Waals surface area contributed by atoms with Gasteiger partial charge in [0.2, 0.25) is 5.91 Å². The van der Waals surface area contributed by atoms with Gasteiger partial charge in [0, 0.05) is 5.92 Å². The van der Waals surface area contributed by atoms with Gasteiger partial charge in [-0.05, 0) is 38.1 Å². The van der Waals surface area contributed by atoms with Crippen molar-refractivity contribution in [3.8, 4) is 0 Å². The van der Waals surface area contributed by atoms with E-state index in [1.807, 2.05) is 0 Å². The molecule has 2 rings (SSSR count). The molecule has 0 atom stereocenters. The average Bonchev–Trinajstić information content (AvgIpc) is 2.40. The molecular weight excluding hydrogens is 252 g/mol. The highest BCUT2D eigenvalue weighted by Crippen LogP contribution is 2.14. The Kier molecular flexibility index (Phi) is 3.98. The zero-order valence-corrected chi connectivity index (χ0v) is 10.7. The van der Waals surface area contributed by atoms with E-state index in [-0.39, 0.29) is 10.8 Å². The minimum Gasteiger partial charge on any atom is -0.317 e. The van der Waals surface area contributed by atoms with Gasteiger partial charge >= 0.3 is 0 Å². The van der Waals surface area contributed by atoms with Crippen LogP contribution >= 0.6 is 0 Å². The predicted molar refractivity (Wildman–Crippen MR) is 67.4 cm³/mol. The molecule has 1 amide bonds. The molecule has 0 aromatic heterocycles. The Morgan fingerprint density at radius 2 is 1.78 bits per heavy atom. The molecule has 1 aromatic carbocycles. The first-order chi connectivity index (χ1) is 8.59. The largest absolute Gasteiger partial charge is 0.317 e. The number of piperidine rings is 1. The van der Waals surface area contributed by atoms with Crippen molar-refractivity contribution in [3.05, 3.63) is 30.3 Å². The molecule has 1 saturated heterocycles. The molecule has 0 radical (unpaired) electrons. The average molecular weight is 268 g/mol. The molecular formula is C12H16N2O3S. The van der Waals surface area contributed by atoms with Gasteiger partial charge in [-0.3, -0.25) is 4.79 Å². The number of hydrogen-bond acceptors (Lipinski definition) is 4. The molecule has 2 N–H and O–H groups in total. The molecule has 1 aromatic rings. The number of sulfonamides is 1. The monoisotopic (exact) mass is 268 g/mol. The van der Waals surface area contributed by atoms with Gasteiger partial charge in [0.15, 0.2) is 0 Å². The van der Waals surface area contributed by atoms with E-state index in [2.05, 4.69) is 10.0 Å². The fourth-order valence-corrected chi connectivity index (χ4v) is 3.02. The van der Waals surface area contributed by atoms with Crippen molar-refractivity contribution in [1.82, 2.24) is 10.0 Å². The molecule has 0 aliphatic carbocycles. The second-order valence-electron chi connectivity index (χ2n) is 4.31. The Hall–Kier alpha value is -1.40. The standard InChI is InChI=1S/C12H16N2O3S/c15-12(10-6-8-13-9-7-10)14-18(16,17)11-4-2-1-3-5-11/h1-5,10,13H,6-9H2,(H,14,15). The highest BCUT2D eigenvalue weighted by atomic mass is 32.2. The van der Waals surface area contributed by atoms with Gasteiger partial charge in [0.1, 0.15) is 0 Å². The summed E-state index contributed by atoms with van der Waals surface area (Å²) < 4.78 is 26.0. The van der Waals surface area contributed by atoms with Crippen LogP contribution in [0.15, 0.2) is 35.2 Å². The second kappa shape index (κ2) is 5.49. The van der Waals surface area contributed by atoms with Crippen molar-refractivity contribution < 1.29 is 13.2 Å². The molecule has 0 bridgehead atoms. The van der Waals surface area contributed by atoms with Crippen LogP contribution in [0.5, 0.6) is 0 Å². The Morgan fingerprint density at radius 1 is 1.17 bits per heavy atom. The van der Waals surface area contributed by atoms with E-state index >= 15 is 0 Å². The van der Waals surface area contributed by atoms with Gasteiger partial charge < -0.3 is 5.32 Å². The summed E-state index contributed by atoms with van der Waals surface area (Å²) in [6.07, 6.45) is 1.35. The lowest BCUT2D eigenvalue weighted by Crippen LogP contribution is -2.40. The SMILES string of the molecule is O=C(NS(=O)(=O)c1ccccc1)C1CCNCC1. The summed E-state index contributed by atoms with van der Waals surface area (Å²) >= 11 is 0. The summed E-state index contributed by atoms with van der Waals surface area (Å²) in [5, 5.41) is 3.13. The normalized spacial score (nSPS) is 17.3. The van der Waals surface area contributed by atoms with Crippen molar-refractivity contribution in [2.75, 3.05) is 13.1 Å². The number of nitrogens with one attached hydrogen (secondary N) is 2. The first kappa shape index (κ1) is 13.0. The van der Waals surface area contributed by atoms with Crippen LogP contribution in [0.3, 0.4) is 0 Å². The number of hydrogen-bond donors (Lipinski definition) is 2. The van der Waals surface area contributed by atoms with E-state index in [1.165, 1.54) is 12.1 Å². The van der Waals surface area contributed by atoms with E-state index in [0.717, 1.165) is 13.1 Å². The minimum absolute atomic E-state index is 0.118. The van der Waals surface area contributed by atoms with Gasteiger partial charge in [-0.1, -0.05) is 18.2 Å². The Labute approximate surface area is 107 Å². The summed E-state index contributed by atoms with van der Waals surface area (Å²) in [6.45, 7) is 1.51. The summed E-state index contributed by atoms with van der Waals surface area (Å²) in [5.41, 5.74) is 0. The van der Waals surface area contributed by atoms with Gasteiger partial charge in [-0.15, -0.1) is 0 Å². The van der Waals surface area contributed by atoms with E-state index in [9.17, 15) is 13.2 Å². The molecule has 1 aliphatic heterocycles. The Morgan fingerprint density at radius 3 is 2.39 bits per heavy atom. The minimum atomic E-state index is -3.73. The van der Waals surface area contributed by atoms with Crippen molar-refractivity contribution in [3.63, 3.8) is 0 Å². The molecule has 98 valence electrons. The number of rotatable bonds is 3. The van der Waals surface area contributed by atoms with Gasteiger partial charge in [0.25, 0.3) is 10.0 Å². The molecule has 0 saturated carbocycles. The maximum absolute atomic E-state index is 11.9. The van der Waals surface area contributed by atoms with Crippen LogP contribution in [0.25, 0.3) is 0 Å². The van der Waals surface area contributed by atoms with Crippen molar-refractivity contribution >= 4 is 15.9 Å². The van der Waals surface area contributed by atoms with E-state index in [4.69, 9.17) is 0 Å². The van der Waals surface area contributed by atoms with Gasteiger partial charge in [0.05, 0.1) is 4.90 Å². The molecule has 5 nitrogen and oxygen atoms in total. The quantitative estimate of drug-likeness (QED) is 0.836. The molecule has 1 aliphatic rings. The van der Waals surface area contributed by atoms with Crippen LogP contribution < -0.4 is 10.0 Å². The second-order valence-corrected chi connectivity index (χ2v) is 5.99. The van der Waals surface area contributed by atoms with E-state index in [1.54, 1.807) is 18.2 Å². The first-order valence-corrected chi connectivity index (χ1v) is 7.40. The van der Waals surface area contributed by atoms with Crippen LogP contribution in [-0.4, -0.2) is 27.4 Å². The van der Waals surface area contributed by atoms with Crippen molar-refractivity contribution in [2.45, 2.75) is 17.7 Å². The lowest BCUT2D eigenvalue weighted by atomic mass is 9.98.